The fourth-order valence-corrected chi connectivity index (χ4v) is 12.2. The number of halogens is 6. The Morgan fingerprint density at radius 1 is 0.526 bits per heavy atom. The third kappa shape index (κ3) is 15.3. The molecule has 3 heterocycles. The molecule has 2 atom stereocenters. The van der Waals surface area contributed by atoms with E-state index in [2.05, 4.69) is 33.5 Å². The van der Waals surface area contributed by atoms with Crippen LogP contribution in [0, 0.1) is 23.7 Å². The lowest BCUT2D eigenvalue weighted by Crippen LogP contribution is -2.42. The molecular weight excluding hydrogens is 1030 g/mol. The number of pyridine rings is 2. The molecular formula is C57H57F6N5O6P2. The monoisotopic (exact) mass is 1080 g/mol. The van der Waals surface area contributed by atoms with E-state index in [1.165, 1.54) is 24.3 Å². The molecule has 0 spiro atoms. The number of rotatable bonds is 12. The number of carbonyl (C=O) groups excluding carboxylic acids is 1. The van der Waals surface area contributed by atoms with Crippen molar-refractivity contribution in [2.75, 3.05) is 52.5 Å². The van der Waals surface area contributed by atoms with E-state index in [0.717, 1.165) is 24.3 Å². The maximum atomic E-state index is 15.0. The fraction of sp³-hybridized carbons (Fsp3) is 0.316. The van der Waals surface area contributed by atoms with Crippen molar-refractivity contribution in [3.05, 3.63) is 178 Å². The van der Waals surface area contributed by atoms with Crippen LogP contribution in [-0.4, -0.2) is 88.8 Å². The predicted molar refractivity (Wildman–Crippen MR) is 282 cm³/mol. The number of amides is 1. The highest BCUT2D eigenvalue weighted by Crippen LogP contribution is 2.45. The van der Waals surface area contributed by atoms with Gasteiger partial charge in [-0.25, -0.2) is 14.8 Å². The Balaban J connectivity index is 1.26. The van der Waals surface area contributed by atoms with Crippen molar-refractivity contribution in [3.8, 4) is 23.7 Å². The van der Waals surface area contributed by atoms with E-state index >= 15 is 9.13 Å². The summed E-state index contributed by atoms with van der Waals surface area (Å²) in [5, 5.41) is 0.810. The molecule has 398 valence electrons. The van der Waals surface area contributed by atoms with Gasteiger partial charge in [-0.05, 0) is 132 Å². The molecule has 0 N–H and O–H groups in total. The van der Waals surface area contributed by atoms with Gasteiger partial charge >= 0.3 is 18.4 Å². The number of alkyl halides is 6. The van der Waals surface area contributed by atoms with E-state index < -0.39 is 49.9 Å². The van der Waals surface area contributed by atoms with Crippen LogP contribution in [0.25, 0.3) is 0 Å². The Morgan fingerprint density at radius 3 is 1.22 bits per heavy atom. The molecule has 0 radical (unpaired) electrons. The molecule has 11 nitrogen and oxygen atoms in total. The van der Waals surface area contributed by atoms with Crippen molar-refractivity contribution in [1.82, 2.24) is 24.7 Å². The lowest BCUT2D eigenvalue weighted by Gasteiger charge is -2.29. The number of hydrogen-bond acceptors (Lipinski definition) is 10. The largest absolute Gasteiger partial charge is 0.444 e. The molecule has 2 unspecified atom stereocenters. The summed E-state index contributed by atoms with van der Waals surface area (Å²) in [4.78, 5) is 29.5. The first-order valence-corrected chi connectivity index (χ1v) is 27.7. The SMILES string of the molecule is CCOP(=O)(c1ccccc1)c1cc(C#Cc2ccc(C(F)(F)F)cc2)cc(CN2CCN(Cc3cc(C#Cc4ccc(C(F)(F)F)cc4)cc(P(=O)(OCC)c4ccccc4)n3)CCN(C(=O)OC(C)(C)C)CC2)n1. The van der Waals surface area contributed by atoms with Crippen LogP contribution in [0.1, 0.15) is 79.4 Å². The van der Waals surface area contributed by atoms with Crippen molar-refractivity contribution in [3.63, 3.8) is 0 Å². The van der Waals surface area contributed by atoms with Gasteiger partial charge in [-0.1, -0.05) is 60.1 Å². The molecule has 0 saturated carbocycles. The molecule has 19 heteroatoms. The molecule has 4 aromatic carbocycles. The summed E-state index contributed by atoms with van der Waals surface area (Å²) in [5.41, 5.74) is 0.160. The van der Waals surface area contributed by atoms with Crippen molar-refractivity contribution < 1.29 is 54.1 Å². The molecule has 0 bridgehead atoms. The van der Waals surface area contributed by atoms with Crippen LogP contribution in [0.4, 0.5) is 31.1 Å². The fourth-order valence-electron chi connectivity index (χ4n) is 8.11. The molecule has 0 aliphatic carbocycles. The van der Waals surface area contributed by atoms with Crippen LogP contribution < -0.4 is 21.5 Å². The first-order valence-electron chi connectivity index (χ1n) is 24.5. The lowest BCUT2D eigenvalue weighted by atomic mass is 10.1. The smallest absolute Gasteiger partial charge is 0.416 e. The molecule has 1 amide bonds. The summed E-state index contributed by atoms with van der Waals surface area (Å²) in [6, 6.07) is 32.8. The van der Waals surface area contributed by atoms with Gasteiger partial charge in [0.25, 0.3) is 14.7 Å². The van der Waals surface area contributed by atoms with Crippen molar-refractivity contribution in [2.24, 2.45) is 0 Å². The van der Waals surface area contributed by atoms with Crippen LogP contribution in [0.2, 0.25) is 0 Å². The van der Waals surface area contributed by atoms with Crippen LogP contribution in [0.5, 0.6) is 0 Å². The second-order valence-corrected chi connectivity index (χ2v) is 23.4. The summed E-state index contributed by atoms with van der Waals surface area (Å²) in [5.74, 6) is 12.0. The number of ether oxygens (including phenoxy) is 1. The van der Waals surface area contributed by atoms with Gasteiger partial charge in [0, 0.05) is 85.2 Å². The second kappa shape index (κ2) is 24.6. The molecule has 6 aromatic rings. The average Bonchev–Trinajstić information content (AvgIpc) is 3.48. The van der Waals surface area contributed by atoms with Gasteiger partial charge in [-0.2, -0.15) is 26.3 Å². The van der Waals surface area contributed by atoms with Crippen molar-refractivity contribution >= 4 is 42.3 Å². The number of hydrogen-bond donors (Lipinski definition) is 0. The number of carbonyl (C=O) groups is 1. The quantitative estimate of drug-likeness (QED) is 0.0667. The minimum Gasteiger partial charge on any atom is -0.444 e. The van der Waals surface area contributed by atoms with E-state index in [9.17, 15) is 31.1 Å². The lowest BCUT2D eigenvalue weighted by molar-refractivity contribution is -0.138. The first-order chi connectivity index (χ1) is 36.0. The zero-order chi connectivity index (χ0) is 54.7. The molecule has 2 aromatic heterocycles. The van der Waals surface area contributed by atoms with Crippen LogP contribution in [0.15, 0.2) is 133 Å². The number of aromatic nitrogens is 2. The van der Waals surface area contributed by atoms with Crippen LogP contribution >= 0.6 is 14.7 Å². The third-order valence-electron chi connectivity index (χ3n) is 11.8. The van der Waals surface area contributed by atoms with E-state index in [4.69, 9.17) is 23.8 Å². The van der Waals surface area contributed by atoms with Gasteiger partial charge in [0.1, 0.15) is 16.5 Å². The Hall–Kier alpha value is -6.55. The van der Waals surface area contributed by atoms with Gasteiger partial charge in [-0.15, -0.1) is 0 Å². The Kier molecular flexibility index (Phi) is 18.5. The standard InChI is InChI=1S/C57H57F6N5O6P2/c1-6-72-75(70,50-14-10-8-11-15-50)52-38-44(20-18-42-22-26-46(27-23-42)56(58,59)60)36-48(64-52)40-66-30-31-67(33-35-68(34-32-66)54(69)74-55(3,4)5)41-49-37-45(21-19-43-24-28-47(29-25-43)57(61,62)63)39-53(65-49)76(71,73-7-2)51-16-12-9-13-17-51/h8-17,22-29,36-39H,6-7,30-35,40-41H2,1-5H3. The van der Waals surface area contributed by atoms with E-state index in [-0.39, 0.29) is 50.3 Å². The van der Waals surface area contributed by atoms with Gasteiger partial charge < -0.3 is 18.7 Å². The maximum Gasteiger partial charge on any atom is 0.416 e. The summed E-state index contributed by atoms with van der Waals surface area (Å²) < 4.78 is 128. The number of benzene rings is 4. The van der Waals surface area contributed by atoms with Gasteiger partial charge in [0.15, 0.2) is 0 Å². The van der Waals surface area contributed by atoms with Gasteiger partial charge in [0.2, 0.25) is 0 Å². The van der Waals surface area contributed by atoms with Crippen LogP contribution in [0.3, 0.4) is 0 Å². The Labute approximate surface area is 439 Å². The molecule has 76 heavy (non-hydrogen) atoms. The summed E-state index contributed by atoms with van der Waals surface area (Å²) in [7, 11) is -7.66. The van der Waals surface area contributed by atoms with E-state index in [1.807, 2.05) is 0 Å². The minimum absolute atomic E-state index is 0.0908. The zero-order valence-corrected chi connectivity index (χ0v) is 44.4. The van der Waals surface area contributed by atoms with Gasteiger partial charge in [-0.3, -0.25) is 18.9 Å². The Morgan fingerprint density at radius 2 is 0.882 bits per heavy atom. The van der Waals surface area contributed by atoms with Crippen molar-refractivity contribution in [2.45, 2.75) is 65.7 Å². The average molecular weight is 1080 g/mol. The zero-order valence-electron chi connectivity index (χ0n) is 42.6. The summed E-state index contributed by atoms with van der Waals surface area (Å²) in [6.07, 6.45) is -9.57. The van der Waals surface area contributed by atoms with E-state index in [0.29, 0.717) is 70.4 Å². The first kappa shape index (κ1) is 57.2. The maximum absolute atomic E-state index is 15.0. The molecule has 7 rings (SSSR count). The van der Waals surface area contributed by atoms with Crippen LogP contribution in [-0.2, 0) is 48.4 Å². The highest BCUT2D eigenvalue weighted by atomic mass is 31.2. The van der Waals surface area contributed by atoms with E-state index in [1.54, 1.807) is 124 Å². The summed E-state index contributed by atoms with van der Waals surface area (Å²) in [6.45, 7) is 11.3. The normalized spacial score (nSPS) is 15.6. The second-order valence-electron chi connectivity index (χ2n) is 18.7. The molecule has 1 aliphatic rings. The third-order valence-corrected chi connectivity index (χ3v) is 16.7. The predicted octanol–water partition coefficient (Wildman–Crippen LogP) is 10.4. The van der Waals surface area contributed by atoms with Crippen molar-refractivity contribution in [1.29, 1.82) is 0 Å². The Bertz CT molecular complexity index is 2990. The minimum atomic E-state index is -4.52. The molecule has 1 aliphatic heterocycles. The molecule has 1 saturated heterocycles. The topological polar surface area (TPSA) is 114 Å². The van der Waals surface area contributed by atoms with Gasteiger partial charge in [0.05, 0.1) is 35.7 Å². The highest BCUT2D eigenvalue weighted by Gasteiger charge is 2.34. The number of nitrogens with zero attached hydrogens (tertiary/aromatic N) is 5. The highest BCUT2D eigenvalue weighted by molar-refractivity contribution is 7.74. The molecule has 1 fully saturated rings. The summed E-state index contributed by atoms with van der Waals surface area (Å²) >= 11 is 0.